The van der Waals surface area contributed by atoms with E-state index in [0.717, 1.165) is 18.5 Å². The molecule has 0 saturated carbocycles. The molecular formula is C13H19N5O. The standard InChI is InChI=1S/C13H19N5O/c1-3-5-11-10-12(16-15-11)13(19)17(2)8-9-18-7-4-6-14-18/h4,6-7,10H,3,5,8-9H2,1-2H3,(H,15,16). The van der Waals surface area contributed by atoms with Gasteiger partial charge in [0.15, 0.2) is 0 Å². The monoisotopic (exact) mass is 261 g/mol. The molecule has 0 unspecified atom stereocenters. The number of carbonyl (C=O) groups is 1. The first kappa shape index (κ1) is 13.3. The van der Waals surface area contributed by atoms with Gasteiger partial charge in [0.2, 0.25) is 0 Å². The molecular weight excluding hydrogens is 242 g/mol. The molecule has 19 heavy (non-hydrogen) atoms. The van der Waals surface area contributed by atoms with Gasteiger partial charge in [-0.25, -0.2) is 0 Å². The highest BCUT2D eigenvalue weighted by Crippen LogP contribution is 2.05. The average molecular weight is 261 g/mol. The zero-order chi connectivity index (χ0) is 13.7. The molecule has 0 aromatic carbocycles. The van der Waals surface area contributed by atoms with Gasteiger partial charge in [0.25, 0.3) is 5.91 Å². The summed E-state index contributed by atoms with van der Waals surface area (Å²) in [5.41, 5.74) is 1.48. The van der Waals surface area contributed by atoms with Gasteiger partial charge < -0.3 is 4.90 Å². The molecule has 0 aliphatic heterocycles. The van der Waals surface area contributed by atoms with Crippen LogP contribution in [0.1, 0.15) is 29.5 Å². The van der Waals surface area contributed by atoms with E-state index in [2.05, 4.69) is 22.2 Å². The Morgan fingerprint density at radius 1 is 1.53 bits per heavy atom. The van der Waals surface area contributed by atoms with Crippen LogP contribution in [0.25, 0.3) is 0 Å². The third-order valence-corrected chi connectivity index (χ3v) is 2.94. The molecule has 0 bridgehead atoms. The first-order valence-corrected chi connectivity index (χ1v) is 6.48. The molecule has 0 spiro atoms. The SMILES string of the molecule is CCCc1cc(C(=O)N(C)CCn2cccn2)n[nH]1. The van der Waals surface area contributed by atoms with Crippen molar-refractivity contribution in [3.63, 3.8) is 0 Å². The van der Waals surface area contributed by atoms with E-state index in [9.17, 15) is 4.79 Å². The van der Waals surface area contributed by atoms with E-state index in [0.29, 0.717) is 18.8 Å². The number of aromatic nitrogens is 4. The summed E-state index contributed by atoms with van der Waals surface area (Å²) < 4.78 is 1.80. The second kappa shape index (κ2) is 6.17. The van der Waals surface area contributed by atoms with E-state index in [1.807, 2.05) is 18.3 Å². The summed E-state index contributed by atoms with van der Waals surface area (Å²) in [6.45, 7) is 3.39. The molecule has 0 fully saturated rings. The minimum atomic E-state index is -0.0641. The summed E-state index contributed by atoms with van der Waals surface area (Å²) in [5.74, 6) is -0.0641. The topological polar surface area (TPSA) is 66.8 Å². The number of nitrogens with one attached hydrogen (secondary N) is 1. The summed E-state index contributed by atoms with van der Waals surface area (Å²) >= 11 is 0. The number of nitrogens with zero attached hydrogens (tertiary/aromatic N) is 4. The van der Waals surface area contributed by atoms with E-state index in [1.54, 1.807) is 22.8 Å². The predicted octanol–water partition coefficient (Wildman–Crippen LogP) is 1.33. The molecule has 102 valence electrons. The fourth-order valence-corrected chi connectivity index (χ4v) is 1.85. The van der Waals surface area contributed by atoms with Crippen molar-refractivity contribution in [2.24, 2.45) is 0 Å². The average Bonchev–Trinajstić information content (AvgIpc) is 3.06. The Labute approximate surface area is 112 Å². The lowest BCUT2D eigenvalue weighted by Gasteiger charge is -2.15. The summed E-state index contributed by atoms with van der Waals surface area (Å²) in [6, 6.07) is 3.70. The Morgan fingerprint density at radius 2 is 2.37 bits per heavy atom. The van der Waals surface area contributed by atoms with Crippen molar-refractivity contribution in [3.8, 4) is 0 Å². The Balaban J connectivity index is 1.90. The molecule has 0 radical (unpaired) electrons. The Hall–Kier alpha value is -2.11. The van der Waals surface area contributed by atoms with Crippen LogP contribution in [0.3, 0.4) is 0 Å². The second-order valence-corrected chi connectivity index (χ2v) is 4.52. The highest BCUT2D eigenvalue weighted by Gasteiger charge is 2.15. The fraction of sp³-hybridized carbons (Fsp3) is 0.462. The molecule has 2 heterocycles. The second-order valence-electron chi connectivity index (χ2n) is 4.52. The molecule has 2 rings (SSSR count). The molecule has 0 saturated heterocycles. The lowest BCUT2D eigenvalue weighted by Crippen LogP contribution is -2.30. The molecule has 2 aromatic rings. The van der Waals surface area contributed by atoms with Gasteiger partial charge in [-0.1, -0.05) is 13.3 Å². The number of aryl methyl sites for hydroxylation is 1. The number of likely N-dealkylation sites (N-methyl/N-ethyl adjacent to an activating group) is 1. The van der Waals surface area contributed by atoms with Crippen LogP contribution in [0.5, 0.6) is 0 Å². The minimum Gasteiger partial charge on any atom is -0.338 e. The lowest BCUT2D eigenvalue weighted by atomic mass is 10.2. The van der Waals surface area contributed by atoms with E-state index in [-0.39, 0.29) is 5.91 Å². The van der Waals surface area contributed by atoms with E-state index < -0.39 is 0 Å². The van der Waals surface area contributed by atoms with E-state index in [4.69, 9.17) is 0 Å². The first-order chi connectivity index (χ1) is 9.20. The van der Waals surface area contributed by atoms with Gasteiger partial charge in [0.05, 0.1) is 6.54 Å². The number of H-pyrrole nitrogens is 1. The maximum absolute atomic E-state index is 12.1. The van der Waals surface area contributed by atoms with Crippen molar-refractivity contribution < 1.29 is 4.79 Å². The molecule has 0 aliphatic rings. The molecule has 6 heteroatoms. The number of carbonyl (C=O) groups excluding carboxylic acids is 1. The van der Waals surface area contributed by atoms with E-state index >= 15 is 0 Å². The maximum Gasteiger partial charge on any atom is 0.274 e. The van der Waals surface area contributed by atoms with Gasteiger partial charge >= 0.3 is 0 Å². The molecule has 1 N–H and O–H groups in total. The Kier molecular flexibility index (Phi) is 4.33. The van der Waals surface area contributed by atoms with Gasteiger partial charge in [0.1, 0.15) is 5.69 Å². The van der Waals surface area contributed by atoms with Crippen LogP contribution in [-0.4, -0.2) is 44.4 Å². The zero-order valence-electron chi connectivity index (χ0n) is 11.3. The molecule has 0 atom stereocenters. The normalized spacial score (nSPS) is 10.6. The number of hydrogen-bond donors (Lipinski definition) is 1. The Bertz CT molecular complexity index is 517. The summed E-state index contributed by atoms with van der Waals surface area (Å²) in [6.07, 6.45) is 5.56. The smallest absolute Gasteiger partial charge is 0.274 e. The van der Waals surface area contributed by atoms with Crippen molar-refractivity contribution in [2.75, 3.05) is 13.6 Å². The fourth-order valence-electron chi connectivity index (χ4n) is 1.85. The maximum atomic E-state index is 12.1. The van der Waals surface area contributed by atoms with Crippen molar-refractivity contribution in [1.29, 1.82) is 0 Å². The molecule has 1 amide bonds. The minimum absolute atomic E-state index is 0.0641. The van der Waals surface area contributed by atoms with Crippen molar-refractivity contribution >= 4 is 5.91 Å². The van der Waals surface area contributed by atoms with Gasteiger partial charge in [-0.3, -0.25) is 14.6 Å². The quantitative estimate of drug-likeness (QED) is 0.853. The van der Waals surface area contributed by atoms with Crippen LogP contribution >= 0.6 is 0 Å². The summed E-state index contributed by atoms with van der Waals surface area (Å²) in [5, 5.41) is 11.1. The highest BCUT2D eigenvalue weighted by molar-refractivity contribution is 5.92. The van der Waals surface area contributed by atoms with Crippen molar-refractivity contribution in [3.05, 3.63) is 35.9 Å². The van der Waals surface area contributed by atoms with Crippen LogP contribution in [0, 0.1) is 0 Å². The van der Waals surface area contributed by atoms with Crippen molar-refractivity contribution in [2.45, 2.75) is 26.3 Å². The van der Waals surface area contributed by atoms with Gasteiger partial charge in [-0.05, 0) is 18.6 Å². The third-order valence-electron chi connectivity index (χ3n) is 2.94. The summed E-state index contributed by atoms with van der Waals surface area (Å²) in [7, 11) is 1.78. The number of amides is 1. The Morgan fingerprint density at radius 3 is 3.05 bits per heavy atom. The molecule has 2 aromatic heterocycles. The largest absolute Gasteiger partial charge is 0.338 e. The predicted molar refractivity (Wildman–Crippen MR) is 71.8 cm³/mol. The van der Waals surface area contributed by atoms with Crippen molar-refractivity contribution in [1.82, 2.24) is 24.9 Å². The van der Waals surface area contributed by atoms with Gasteiger partial charge in [-0.15, -0.1) is 0 Å². The third kappa shape index (κ3) is 3.43. The number of aromatic amines is 1. The van der Waals surface area contributed by atoms with Crippen LogP contribution in [-0.2, 0) is 13.0 Å². The van der Waals surface area contributed by atoms with Crippen LogP contribution in [0.4, 0.5) is 0 Å². The number of rotatable bonds is 6. The van der Waals surface area contributed by atoms with Crippen LogP contribution in [0.2, 0.25) is 0 Å². The number of hydrogen-bond acceptors (Lipinski definition) is 3. The van der Waals surface area contributed by atoms with Gasteiger partial charge in [0, 0.05) is 31.7 Å². The van der Waals surface area contributed by atoms with Crippen LogP contribution < -0.4 is 0 Å². The first-order valence-electron chi connectivity index (χ1n) is 6.48. The van der Waals surface area contributed by atoms with Crippen LogP contribution in [0.15, 0.2) is 24.5 Å². The van der Waals surface area contributed by atoms with E-state index in [1.165, 1.54) is 0 Å². The highest BCUT2D eigenvalue weighted by atomic mass is 16.2. The molecule has 0 aliphatic carbocycles. The lowest BCUT2D eigenvalue weighted by molar-refractivity contribution is 0.0783. The molecule has 6 nitrogen and oxygen atoms in total. The zero-order valence-corrected chi connectivity index (χ0v) is 11.3. The summed E-state index contributed by atoms with van der Waals surface area (Å²) in [4.78, 5) is 13.8. The van der Waals surface area contributed by atoms with Gasteiger partial charge in [-0.2, -0.15) is 10.2 Å².